The molecule has 50 heavy (non-hydrogen) atoms. The second kappa shape index (κ2) is 11.6. The molecule has 0 saturated heterocycles. The molecule has 5 nitrogen and oxygen atoms in total. The van der Waals surface area contributed by atoms with Gasteiger partial charge in [0, 0.05) is 42.1 Å². The molecule has 0 aliphatic carbocycles. The van der Waals surface area contributed by atoms with E-state index >= 15 is 0 Å². The van der Waals surface area contributed by atoms with Crippen LogP contribution in [0.15, 0.2) is 164 Å². The van der Waals surface area contributed by atoms with Crippen molar-refractivity contribution in [3.8, 4) is 51.2 Å². The summed E-state index contributed by atoms with van der Waals surface area (Å²) in [5.41, 5.74) is 7.06. The van der Waals surface area contributed by atoms with E-state index in [4.69, 9.17) is 19.9 Å². The Bertz CT molecular complexity index is 2820. The standard InChI is InChI=1S/C44H27N5S/c1-3-12-28(13-4-1)42-46-43(29-14-5-2-6-15-29)48-44(47-42)36-18-11-21-41(45-36)49-37-19-9-7-16-32(37)33-24-22-30(26-38(33)49)31-23-25-35-34-17-8-10-20-39(34)50-40(35)27-31/h1-27H. The first-order valence-corrected chi connectivity index (χ1v) is 17.4. The quantitative estimate of drug-likeness (QED) is 0.185. The van der Waals surface area contributed by atoms with Crippen LogP contribution in [-0.4, -0.2) is 24.5 Å². The zero-order valence-electron chi connectivity index (χ0n) is 26.7. The Hall–Kier alpha value is -6.50. The zero-order valence-corrected chi connectivity index (χ0v) is 27.5. The predicted octanol–water partition coefficient (Wildman–Crippen LogP) is 11.4. The normalized spacial score (nSPS) is 11.6. The van der Waals surface area contributed by atoms with Gasteiger partial charge in [0.25, 0.3) is 0 Å². The monoisotopic (exact) mass is 657 g/mol. The zero-order chi connectivity index (χ0) is 33.0. The number of fused-ring (bicyclic) bond motifs is 6. The van der Waals surface area contributed by atoms with Gasteiger partial charge in [-0.1, -0.05) is 127 Å². The maximum atomic E-state index is 5.23. The lowest BCUT2D eigenvalue weighted by Crippen LogP contribution is -2.03. The average molecular weight is 658 g/mol. The molecule has 0 amide bonds. The van der Waals surface area contributed by atoms with Gasteiger partial charge in [-0.25, -0.2) is 19.9 Å². The van der Waals surface area contributed by atoms with Gasteiger partial charge in [0.1, 0.15) is 11.5 Å². The number of benzene rings is 6. The highest BCUT2D eigenvalue weighted by Gasteiger charge is 2.17. The summed E-state index contributed by atoms with van der Waals surface area (Å²) in [7, 11) is 0. The minimum Gasteiger partial charge on any atom is -0.294 e. The van der Waals surface area contributed by atoms with Gasteiger partial charge in [-0.3, -0.25) is 4.57 Å². The van der Waals surface area contributed by atoms with Gasteiger partial charge in [-0.05, 0) is 47.5 Å². The second-order valence-corrected chi connectivity index (χ2v) is 13.4. The van der Waals surface area contributed by atoms with Gasteiger partial charge >= 0.3 is 0 Å². The first kappa shape index (κ1) is 28.5. The first-order chi connectivity index (χ1) is 24.8. The maximum absolute atomic E-state index is 5.23. The Morgan fingerprint density at radius 3 is 1.70 bits per heavy atom. The van der Waals surface area contributed by atoms with Crippen molar-refractivity contribution in [2.24, 2.45) is 0 Å². The fourth-order valence-electron chi connectivity index (χ4n) is 6.90. The van der Waals surface area contributed by atoms with E-state index in [1.807, 2.05) is 84.1 Å². The van der Waals surface area contributed by atoms with Crippen LogP contribution in [0.2, 0.25) is 0 Å². The van der Waals surface area contributed by atoms with Crippen LogP contribution >= 0.6 is 11.3 Å². The van der Waals surface area contributed by atoms with Crippen molar-refractivity contribution < 1.29 is 0 Å². The largest absolute Gasteiger partial charge is 0.294 e. The highest BCUT2D eigenvalue weighted by Crippen LogP contribution is 2.39. The fourth-order valence-corrected chi connectivity index (χ4v) is 8.04. The van der Waals surface area contributed by atoms with E-state index in [1.165, 1.54) is 36.5 Å². The lowest BCUT2D eigenvalue weighted by molar-refractivity contribution is 1.03. The Kier molecular flexibility index (Phi) is 6.60. The van der Waals surface area contributed by atoms with E-state index in [0.717, 1.165) is 33.5 Å². The van der Waals surface area contributed by atoms with Crippen molar-refractivity contribution in [2.75, 3.05) is 0 Å². The van der Waals surface area contributed by atoms with Gasteiger partial charge in [0.05, 0.1) is 11.0 Å². The number of nitrogens with zero attached hydrogens (tertiary/aromatic N) is 5. The van der Waals surface area contributed by atoms with Crippen LogP contribution < -0.4 is 0 Å². The number of hydrogen-bond donors (Lipinski definition) is 0. The molecule has 0 N–H and O–H groups in total. The molecule has 0 aliphatic rings. The third-order valence-electron chi connectivity index (χ3n) is 9.28. The molecule has 234 valence electrons. The highest BCUT2D eigenvalue weighted by molar-refractivity contribution is 7.25. The van der Waals surface area contributed by atoms with Crippen LogP contribution in [0.4, 0.5) is 0 Å². The number of rotatable bonds is 5. The number of hydrogen-bond acceptors (Lipinski definition) is 5. The molecule has 0 fully saturated rings. The van der Waals surface area contributed by atoms with Gasteiger partial charge < -0.3 is 0 Å². The molecule has 0 aliphatic heterocycles. The molecule has 0 radical (unpaired) electrons. The summed E-state index contributed by atoms with van der Waals surface area (Å²) in [5.74, 6) is 2.55. The maximum Gasteiger partial charge on any atom is 0.182 e. The van der Waals surface area contributed by atoms with E-state index in [9.17, 15) is 0 Å². The summed E-state index contributed by atoms with van der Waals surface area (Å²) < 4.78 is 4.86. The molecule has 4 aromatic heterocycles. The summed E-state index contributed by atoms with van der Waals surface area (Å²) in [6.07, 6.45) is 0. The number of thiophene rings is 1. The summed E-state index contributed by atoms with van der Waals surface area (Å²) in [5, 5.41) is 4.97. The highest BCUT2D eigenvalue weighted by atomic mass is 32.1. The smallest absolute Gasteiger partial charge is 0.182 e. The minimum absolute atomic E-state index is 0.526. The van der Waals surface area contributed by atoms with Crippen LogP contribution in [0.5, 0.6) is 0 Å². The van der Waals surface area contributed by atoms with Gasteiger partial charge in [0.15, 0.2) is 17.5 Å². The molecule has 6 aromatic carbocycles. The molecule has 4 heterocycles. The summed E-state index contributed by atoms with van der Waals surface area (Å²) in [6, 6.07) is 56.9. The molecule has 0 atom stereocenters. The Morgan fingerprint density at radius 2 is 0.940 bits per heavy atom. The Balaban J connectivity index is 1.14. The van der Waals surface area contributed by atoms with Crippen LogP contribution in [0.3, 0.4) is 0 Å². The molecular formula is C44H27N5S. The third kappa shape index (κ3) is 4.77. The van der Waals surface area contributed by atoms with Crippen molar-refractivity contribution >= 4 is 53.3 Å². The predicted molar refractivity (Wildman–Crippen MR) is 207 cm³/mol. The lowest BCUT2D eigenvalue weighted by Gasteiger charge is -2.11. The molecule has 10 rings (SSSR count). The number of pyridine rings is 1. The van der Waals surface area contributed by atoms with Crippen LogP contribution in [0, 0.1) is 0 Å². The molecule has 6 heteroatoms. The number of aromatic nitrogens is 5. The Morgan fingerprint density at radius 1 is 0.360 bits per heavy atom. The van der Waals surface area contributed by atoms with Crippen LogP contribution in [0.1, 0.15) is 0 Å². The van der Waals surface area contributed by atoms with E-state index < -0.39 is 0 Å². The van der Waals surface area contributed by atoms with E-state index in [-0.39, 0.29) is 0 Å². The van der Waals surface area contributed by atoms with Gasteiger partial charge in [-0.2, -0.15) is 0 Å². The van der Waals surface area contributed by atoms with Crippen molar-refractivity contribution in [1.82, 2.24) is 24.5 Å². The van der Waals surface area contributed by atoms with Gasteiger partial charge in [-0.15, -0.1) is 11.3 Å². The van der Waals surface area contributed by atoms with E-state index in [2.05, 4.69) is 95.6 Å². The van der Waals surface area contributed by atoms with Crippen LogP contribution in [-0.2, 0) is 0 Å². The molecule has 0 spiro atoms. The molecule has 10 aromatic rings. The van der Waals surface area contributed by atoms with Crippen molar-refractivity contribution in [1.29, 1.82) is 0 Å². The Labute approximate surface area is 291 Å². The number of para-hydroxylation sites is 1. The SMILES string of the molecule is c1ccc(-c2nc(-c3ccccc3)nc(-c3cccc(-n4c5ccccc5c5ccc(-c6ccc7c(c6)sc6ccccc67)cc54)n3)n2)cc1. The molecule has 0 bridgehead atoms. The molecule has 0 saturated carbocycles. The molecular weight excluding hydrogens is 631 g/mol. The second-order valence-electron chi connectivity index (χ2n) is 12.3. The lowest BCUT2D eigenvalue weighted by atomic mass is 10.0. The minimum atomic E-state index is 0.526. The topological polar surface area (TPSA) is 56.5 Å². The van der Waals surface area contributed by atoms with E-state index in [1.54, 1.807) is 0 Å². The van der Waals surface area contributed by atoms with Gasteiger partial charge in [0.2, 0.25) is 0 Å². The summed E-state index contributed by atoms with van der Waals surface area (Å²) in [6.45, 7) is 0. The van der Waals surface area contributed by atoms with Crippen molar-refractivity contribution in [3.05, 3.63) is 164 Å². The fraction of sp³-hybridized carbons (Fsp3) is 0. The third-order valence-corrected chi connectivity index (χ3v) is 10.4. The summed E-state index contributed by atoms with van der Waals surface area (Å²) >= 11 is 1.84. The van der Waals surface area contributed by atoms with Crippen LogP contribution in [0.25, 0.3) is 93.2 Å². The summed E-state index contributed by atoms with van der Waals surface area (Å²) in [4.78, 5) is 20.0. The first-order valence-electron chi connectivity index (χ1n) is 16.6. The van der Waals surface area contributed by atoms with E-state index in [0.29, 0.717) is 23.2 Å². The average Bonchev–Trinajstić information content (AvgIpc) is 3.73. The molecule has 0 unspecified atom stereocenters. The van der Waals surface area contributed by atoms with Crippen molar-refractivity contribution in [2.45, 2.75) is 0 Å². The van der Waals surface area contributed by atoms with Crippen molar-refractivity contribution in [3.63, 3.8) is 0 Å².